The summed E-state index contributed by atoms with van der Waals surface area (Å²) in [7, 11) is 1.19. The largest absolute Gasteiger partial charge is 0.464 e. The Labute approximate surface area is 162 Å². The van der Waals surface area contributed by atoms with Gasteiger partial charge in [-0.3, -0.25) is 5.32 Å². The van der Waals surface area contributed by atoms with Crippen LogP contribution in [-0.4, -0.2) is 42.3 Å². The molecule has 1 amide bonds. The van der Waals surface area contributed by atoms with Crippen molar-refractivity contribution in [2.45, 2.75) is 33.3 Å². The van der Waals surface area contributed by atoms with Crippen molar-refractivity contribution in [3.8, 4) is 0 Å². The summed E-state index contributed by atoms with van der Waals surface area (Å²) >= 11 is 0. The van der Waals surface area contributed by atoms with E-state index in [1.807, 2.05) is 0 Å². The van der Waals surface area contributed by atoms with Crippen molar-refractivity contribution < 1.29 is 28.6 Å². The fourth-order valence-electron chi connectivity index (χ4n) is 2.49. The summed E-state index contributed by atoms with van der Waals surface area (Å²) in [6.07, 6.45) is 0.544. The minimum absolute atomic E-state index is 0.162. The van der Waals surface area contributed by atoms with Crippen LogP contribution >= 0.6 is 0 Å². The number of hydrogen-bond acceptors (Lipinski definition) is 6. The Balaban J connectivity index is 2.54. The average Bonchev–Trinajstić information content (AvgIpc) is 2.98. The van der Waals surface area contributed by atoms with E-state index in [9.17, 15) is 14.4 Å². The zero-order valence-corrected chi connectivity index (χ0v) is 16.5. The van der Waals surface area contributed by atoms with E-state index in [-0.39, 0.29) is 18.0 Å². The summed E-state index contributed by atoms with van der Waals surface area (Å²) in [6, 6.07) is 7.17. The lowest BCUT2D eigenvalue weighted by Gasteiger charge is -2.20. The Morgan fingerprint density at radius 3 is 2.46 bits per heavy atom. The number of aromatic nitrogens is 1. The summed E-state index contributed by atoms with van der Waals surface area (Å²) in [5.74, 6) is -1.36. The lowest BCUT2D eigenvalue weighted by molar-refractivity contribution is -0.136. The van der Waals surface area contributed by atoms with E-state index in [0.29, 0.717) is 16.5 Å². The van der Waals surface area contributed by atoms with E-state index in [0.717, 1.165) is 0 Å². The van der Waals surface area contributed by atoms with E-state index >= 15 is 0 Å². The molecule has 0 aliphatic carbocycles. The number of H-pyrrole nitrogens is 1. The molecule has 0 saturated carbocycles. The number of amides is 1. The maximum Gasteiger partial charge on any atom is 0.412 e. The molecule has 0 radical (unpaired) electrons. The number of hydrogen-bond donors (Lipinski definition) is 2. The predicted octanol–water partition coefficient (Wildman–Crippen LogP) is 3.38. The van der Waals surface area contributed by atoms with Crippen molar-refractivity contribution >= 4 is 35.0 Å². The second kappa shape index (κ2) is 8.60. The highest BCUT2D eigenvalue weighted by molar-refractivity contribution is 6.06. The van der Waals surface area contributed by atoms with Crippen molar-refractivity contribution in [1.82, 2.24) is 10.3 Å². The van der Waals surface area contributed by atoms with Gasteiger partial charge < -0.3 is 19.2 Å². The van der Waals surface area contributed by atoms with Crippen LogP contribution in [0.4, 0.5) is 4.79 Å². The lowest BCUT2D eigenvalue weighted by atomic mass is 10.1. The van der Waals surface area contributed by atoms with Gasteiger partial charge in [0, 0.05) is 16.5 Å². The predicted molar refractivity (Wildman–Crippen MR) is 104 cm³/mol. The molecule has 2 rings (SSSR count). The topological polar surface area (TPSA) is 107 Å². The maximum absolute atomic E-state index is 12.4. The zero-order valence-electron chi connectivity index (χ0n) is 16.5. The first kappa shape index (κ1) is 21.0. The van der Waals surface area contributed by atoms with Crippen LogP contribution in [0.2, 0.25) is 0 Å². The number of esters is 2. The molecule has 1 aromatic carbocycles. The number of rotatable bonds is 5. The number of fused-ring (bicyclic) bond motifs is 1. The van der Waals surface area contributed by atoms with Crippen LogP contribution in [0.1, 0.15) is 43.7 Å². The highest BCUT2D eigenvalue weighted by Crippen LogP contribution is 2.25. The molecule has 8 heteroatoms. The maximum atomic E-state index is 12.4. The van der Waals surface area contributed by atoms with E-state index in [1.54, 1.807) is 52.0 Å². The Kier molecular flexibility index (Phi) is 6.45. The molecule has 1 heterocycles. The van der Waals surface area contributed by atoms with Crippen LogP contribution in [0.15, 0.2) is 30.0 Å². The fourth-order valence-corrected chi connectivity index (χ4v) is 2.49. The second-order valence-corrected chi connectivity index (χ2v) is 6.86. The first-order valence-corrected chi connectivity index (χ1v) is 8.74. The summed E-state index contributed by atoms with van der Waals surface area (Å²) < 4.78 is 15.0. The minimum atomic E-state index is -0.818. The second-order valence-electron chi connectivity index (χ2n) is 6.86. The number of carbonyl (C=O) groups is 3. The number of carbonyl (C=O) groups excluding carboxylic acids is 3. The molecule has 0 aliphatic heterocycles. The highest BCUT2D eigenvalue weighted by atomic mass is 16.6. The third-order valence-corrected chi connectivity index (χ3v) is 3.56. The molecular weight excluding hydrogens is 364 g/mol. The van der Waals surface area contributed by atoms with E-state index in [1.165, 1.54) is 13.2 Å². The molecule has 8 nitrogen and oxygen atoms in total. The third-order valence-electron chi connectivity index (χ3n) is 3.56. The van der Waals surface area contributed by atoms with Crippen molar-refractivity contribution in [2.75, 3.05) is 13.7 Å². The molecular formula is C20H24N2O6. The van der Waals surface area contributed by atoms with E-state index in [4.69, 9.17) is 14.2 Å². The van der Waals surface area contributed by atoms with Gasteiger partial charge in [-0.25, -0.2) is 14.4 Å². The van der Waals surface area contributed by atoms with Crippen LogP contribution in [0.3, 0.4) is 0 Å². The highest BCUT2D eigenvalue weighted by Gasteiger charge is 2.23. The molecule has 0 spiro atoms. The molecule has 28 heavy (non-hydrogen) atoms. The van der Waals surface area contributed by atoms with Crippen LogP contribution in [0.5, 0.6) is 0 Å². The van der Waals surface area contributed by atoms with Crippen LogP contribution in [-0.2, 0) is 19.0 Å². The number of ether oxygens (including phenoxy) is 3. The van der Waals surface area contributed by atoms with Crippen molar-refractivity contribution in [3.63, 3.8) is 0 Å². The summed E-state index contributed by atoms with van der Waals surface area (Å²) in [5.41, 5.74) is 0.314. The number of nitrogens with one attached hydrogen (secondary N) is 2. The standard InChI is InChI=1S/C20H24N2O6/c1-6-27-18(24)16-13(12-9-7-8-10-14(12)21-16)11-15(17(23)26-5)22-19(25)28-20(2,3)4/h7-11,21H,6H2,1-5H3,(H,22,25)/b15-11-. The zero-order chi connectivity index (χ0) is 20.9. The SMILES string of the molecule is CCOC(=O)c1[nH]c2ccccc2c1/C=C(\NC(=O)OC(C)(C)C)C(=O)OC. The van der Waals surface area contributed by atoms with Crippen LogP contribution < -0.4 is 5.32 Å². The molecule has 0 saturated heterocycles. The van der Waals surface area contributed by atoms with Crippen LogP contribution in [0, 0.1) is 0 Å². The summed E-state index contributed by atoms with van der Waals surface area (Å²) in [5, 5.41) is 3.06. The van der Waals surface area contributed by atoms with Gasteiger partial charge in [0.1, 0.15) is 17.0 Å². The summed E-state index contributed by atoms with van der Waals surface area (Å²) in [6.45, 7) is 6.99. The Morgan fingerprint density at radius 2 is 1.86 bits per heavy atom. The minimum Gasteiger partial charge on any atom is -0.464 e. The number of methoxy groups -OCH3 is 1. The van der Waals surface area contributed by atoms with Crippen molar-refractivity contribution in [2.24, 2.45) is 0 Å². The first-order chi connectivity index (χ1) is 13.2. The smallest absolute Gasteiger partial charge is 0.412 e. The van der Waals surface area contributed by atoms with Gasteiger partial charge in [-0.05, 0) is 39.8 Å². The summed E-state index contributed by atoms with van der Waals surface area (Å²) in [4.78, 5) is 39.7. The fraction of sp³-hybridized carbons (Fsp3) is 0.350. The van der Waals surface area contributed by atoms with E-state index in [2.05, 4.69) is 10.3 Å². The Hall–Kier alpha value is -3.29. The van der Waals surface area contributed by atoms with Gasteiger partial charge in [0.25, 0.3) is 0 Å². The Bertz CT molecular complexity index is 920. The molecule has 0 atom stereocenters. The average molecular weight is 388 g/mol. The molecule has 0 aliphatic rings. The molecule has 2 N–H and O–H groups in total. The van der Waals surface area contributed by atoms with Crippen molar-refractivity contribution in [3.05, 3.63) is 41.2 Å². The van der Waals surface area contributed by atoms with Crippen LogP contribution in [0.25, 0.3) is 17.0 Å². The van der Waals surface area contributed by atoms with Gasteiger partial charge in [-0.2, -0.15) is 0 Å². The number of aromatic amines is 1. The van der Waals surface area contributed by atoms with Gasteiger partial charge in [-0.15, -0.1) is 0 Å². The molecule has 1 aromatic heterocycles. The molecule has 2 aromatic rings. The number of benzene rings is 1. The molecule has 0 bridgehead atoms. The first-order valence-electron chi connectivity index (χ1n) is 8.74. The van der Waals surface area contributed by atoms with Gasteiger partial charge in [-0.1, -0.05) is 18.2 Å². The molecule has 150 valence electrons. The third kappa shape index (κ3) is 5.12. The number of alkyl carbamates (subject to hydrolysis) is 1. The quantitative estimate of drug-likeness (QED) is 0.462. The normalized spacial score (nSPS) is 11.8. The van der Waals surface area contributed by atoms with Gasteiger partial charge in [0.15, 0.2) is 0 Å². The lowest BCUT2D eigenvalue weighted by Crippen LogP contribution is -2.34. The van der Waals surface area contributed by atoms with Gasteiger partial charge >= 0.3 is 18.0 Å². The van der Waals surface area contributed by atoms with E-state index < -0.39 is 23.6 Å². The number of para-hydroxylation sites is 1. The van der Waals surface area contributed by atoms with Crippen molar-refractivity contribution in [1.29, 1.82) is 0 Å². The van der Waals surface area contributed by atoms with Gasteiger partial charge in [0.2, 0.25) is 0 Å². The molecule has 0 unspecified atom stereocenters. The molecule has 0 fully saturated rings. The van der Waals surface area contributed by atoms with Gasteiger partial charge in [0.05, 0.1) is 13.7 Å². The Morgan fingerprint density at radius 1 is 1.18 bits per heavy atom. The monoisotopic (exact) mass is 388 g/mol.